The molecule has 0 fully saturated rings. The highest BCUT2D eigenvalue weighted by molar-refractivity contribution is 7.13. The molecule has 0 saturated carbocycles. The van der Waals surface area contributed by atoms with Crippen LogP contribution in [-0.4, -0.2) is 16.8 Å². The van der Waals surface area contributed by atoms with E-state index in [9.17, 15) is 9.59 Å². The smallest absolute Gasteiger partial charge is 0.236 e. The number of carbonyl (C=O) groups is 2. The molecule has 0 saturated heterocycles. The summed E-state index contributed by atoms with van der Waals surface area (Å²) in [7, 11) is 0. The topological polar surface area (TPSA) is 84.2 Å². The fourth-order valence-corrected chi connectivity index (χ4v) is 3.01. The maximum Gasteiger partial charge on any atom is 0.236 e. The van der Waals surface area contributed by atoms with Crippen molar-refractivity contribution in [2.75, 3.05) is 10.6 Å². The van der Waals surface area contributed by atoms with Gasteiger partial charge in [0, 0.05) is 11.9 Å². The van der Waals surface area contributed by atoms with Gasteiger partial charge < -0.3 is 15.1 Å². The molecule has 2 amide bonds. The first-order valence-corrected chi connectivity index (χ1v) is 8.62. The quantitative estimate of drug-likeness (QED) is 0.700. The normalized spacial score (nSPS) is 10.5. The molecule has 128 valence electrons. The Morgan fingerprint density at radius 3 is 2.80 bits per heavy atom. The monoisotopic (exact) mass is 375 g/mol. The molecule has 0 aliphatic heterocycles. The van der Waals surface area contributed by atoms with Crippen molar-refractivity contribution < 1.29 is 14.0 Å². The first-order valence-electron chi connectivity index (χ1n) is 7.36. The highest BCUT2D eigenvalue weighted by Crippen LogP contribution is 2.27. The second-order valence-electron chi connectivity index (χ2n) is 5.22. The number of hydrogen-bond donors (Lipinski definition) is 2. The van der Waals surface area contributed by atoms with Crippen molar-refractivity contribution in [1.29, 1.82) is 0 Å². The zero-order valence-electron chi connectivity index (χ0n) is 13.2. The van der Waals surface area contributed by atoms with Crippen molar-refractivity contribution in [2.24, 2.45) is 0 Å². The number of aromatic nitrogens is 1. The number of benzene rings is 1. The van der Waals surface area contributed by atoms with E-state index < -0.39 is 0 Å². The zero-order valence-corrected chi connectivity index (χ0v) is 14.8. The van der Waals surface area contributed by atoms with Crippen molar-refractivity contribution in [3.63, 3.8) is 0 Å². The van der Waals surface area contributed by atoms with Crippen LogP contribution in [0.5, 0.6) is 0 Å². The lowest BCUT2D eigenvalue weighted by Gasteiger charge is -2.11. The van der Waals surface area contributed by atoms with Crippen LogP contribution in [0.4, 0.5) is 11.4 Å². The first-order chi connectivity index (χ1) is 12.0. The number of nitrogens with zero attached hydrogens (tertiary/aromatic N) is 1. The van der Waals surface area contributed by atoms with Crippen molar-refractivity contribution in [3.8, 4) is 10.8 Å². The predicted molar refractivity (Wildman–Crippen MR) is 97.9 cm³/mol. The van der Waals surface area contributed by atoms with Crippen molar-refractivity contribution in [2.45, 2.75) is 13.3 Å². The molecule has 2 heterocycles. The Labute approximate surface area is 152 Å². The number of amides is 2. The third kappa shape index (κ3) is 4.46. The Balaban J connectivity index is 1.71. The number of halogens is 1. The third-order valence-corrected chi connectivity index (χ3v) is 4.28. The van der Waals surface area contributed by atoms with Crippen LogP contribution in [0.15, 0.2) is 46.4 Å². The maximum atomic E-state index is 12.3. The fraction of sp³-hybridized carbons (Fsp3) is 0.118. The summed E-state index contributed by atoms with van der Waals surface area (Å²) in [6.45, 7) is 1.39. The van der Waals surface area contributed by atoms with Crippen LogP contribution in [0.25, 0.3) is 10.8 Å². The van der Waals surface area contributed by atoms with E-state index in [0.29, 0.717) is 28.0 Å². The van der Waals surface area contributed by atoms with Crippen molar-refractivity contribution >= 4 is 46.1 Å². The summed E-state index contributed by atoms with van der Waals surface area (Å²) >= 11 is 7.48. The van der Waals surface area contributed by atoms with Crippen LogP contribution >= 0.6 is 22.9 Å². The van der Waals surface area contributed by atoms with Crippen LogP contribution < -0.4 is 10.6 Å². The van der Waals surface area contributed by atoms with Crippen molar-refractivity contribution in [1.82, 2.24) is 4.98 Å². The Morgan fingerprint density at radius 2 is 2.08 bits per heavy atom. The average Bonchev–Trinajstić information content (AvgIpc) is 3.20. The number of hydrogen-bond acceptors (Lipinski definition) is 5. The summed E-state index contributed by atoms with van der Waals surface area (Å²) in [6.07, 6.45) is 1.50. The van der Waals surface area contributed by atoms with Crippen LogP contribution in [0.3, 0.4) is 0 Å². The molecule has 0 aliphatic rings. The minimum Gasteiger partial charge on any atom is -0.444 e. The molecular formula is C17H14ClN3O3S. The van der Waals surface area contributed by atoms with Gasteiger partial charge in [-0.3, -0.25) is 9.59 Å². The van der Waals surface area contributed by atoms with E-state index in [1.807, 2.05) is 17.5 Å². The standard InChI is InChI=1S/C17H14ClN3O3S/c1-10(22)19-13-5-4-11(18)7-14(13)21-16(23)8-12-9-24-17(20-12)15-3-2-6-25-15/h2-7,9H,8H2,1H3,(H,19,22)(H,21,23). The predicted octanol–water partition coefficient (Wildman–Crippen LogP) is 4.20. The van der Waals surface area contributed by atoms with Gasteiger partial charge in [-0.2, -0.15) is 0 Å². The summed E-state index contributed by atoms with van der Waals surface area (Å²) in [4.78, 5) is 28.8. The Morgan fingerprint density at radius 1 is 1.24 bits per heavy atom. The molecule has 0 bridgehead atoms. The van der Waals surface area contributed by atoms with E-state index in [2.05, 4.69) is 15.6 Å². The molecule has 0 unspecified atom stereocenters. The number of nitrogens with one attached hydrogen (secondary N) is 2. The molecule has 3 aromatic rings. The van der Waals surface area contributed by atoms with Gasteiger partial charge in [0.25, 0.3) is 0 Å². The van der Waals surface area contributed by atoms with Crippen LogP contribution in [0.2, 0.25) is 5.02 Å². The molecule has 0 radical (unpaired) electrons. The molecule has 3 rings (SSSR count). The molecule has 8 heteroatoms. The minimum absolute atomic E-state index is 0.0426. The summed E-state index contributed by atoms with van der Waals surface area (Å²) in [5.41, 5.74) is 1.42. The molecular weight excluding hydrogens is 362 g/mol. The number of oxazole rings is 1. The SMILES string of the molecule is CC(=O)Nc1ccc(Cl)cc1NC(=O)Cc1coc(-c2cccs2)n1. The zero-order chi connectivity index (χ0) is 17.8. The van der Waals surface area contributed by atoms with Gasteiger partial charge in [-0.05, 0) is 29.6 Å². The van der Waals surface area contributed by atoms with E-state index in [1.54, 1.807) is 18.2 Å². The summed E-state index contributed by atoms with van der Waals surface area (Å²) < 4.78 is 5.40. The fourth-order valence-electron chi connectivity index (χ4n) is 2.18. The Bertz CT molecular complexity index is 906. The first kappa shape index (κ1) is 17.2. The van der Waals surface area contributed by atoms with Gasteiger partial charge in [-0.25, -0.2) is 4.98 Å². The molecule has 0 spiro atoms. The van der Waals surface area contributed by atoms with Gasteiger partial charge in [-0.15, -0.1) is 11.3 Å². The summed E-state index contributed by atoms with van der Waals surface area (Å²) in [6, 6.07) is 8.63. The van der Waals surface area contributed by atoms with Crippen LogP contribution in [0.1, 0.15) is 12.6 Å². The number of rotatable bonds is 5. The lowest BCUT2D eigenvalue weighted by atomic mass is 10.2. The molecule has 2 aromatic heterocycles. The molecule has 0 atom stereocenters. The summed E-state index contributed by atoms with van der Waals surface area (Å²) in [5.74, 6) is -0.0469. The van der Waals surface area contributed by atoms with Crippen LogP contribution in [-0.2, 0) is 16.0 Å². The molecule has 6 nitrogen and oxygen atoms in total. The Kier molecular flexibility index (Phi) is 5.16. The highest BCUT2D eigenvalue weighted by Gasteiger charge is 2.13. The molecule has 0 aliphatic carbocycles. The minimum atomic E-state index is -0.292. The number of anilines is 2. The van der Waals surface area contributed by atoms with E-state index in [0.717, 1.165) is 4.88 Å². The average molecular weight is 376 g/mol. The number of thiophene rings is 1. The van der Waals surface area contributed by atoms with Gasteiger partial charge in [-0.1, -0.05) is 17.7 Å². The van der Waals surface area contributed by atoms with E-state index >= 15 is 0 Å². The third-order valence-electron chi connectivity index (χ3n) is 3.19. The van der Waals surface area contributed by atoms with E-state index in [1.165, 1.54) is 24.5 Å². The Hall–Kier alpha value is -2.64. The second-order valence-corrected chi connectivity index (χ2v) is 6.60. The molecule has 2 N–H and O–H groups in total. The van der Waals surface area contributed by atoms with Gasteiger partial charge >= 0.3 is 0 Å². The van der Waals surface area contributed by atoms with Gasteiger partial charge in [0.1, 0.15) is 6.26 Å². The largest absolute Gasteiger partial charge is 0.444 e. The lowest BCUT2D eigenvalue weighted by molar-refractivity contribution is -0.116. The molecule has 25 heavy (non-hydrogen) atoms. The number of carbonyl (C=O) groups excluding carboxylic acids is 2. The van der Waals surface area contributed by atoms with Gasteiger partial charge in [0.05, 0.1) is 28.4 Å². The van der Waals surface area contributed by atoms with Crippen LogP contribution in [0, 0.1) is 0 Å². The highest BCUT2D eigenvalue weighted by atomic mass is 35.5. The molecule has 1 aromatic carbocycles. The maximum absolute atomic E-state index is 12.3. The van der Waals surface area contributed by atoms with Gasteiger partial charge in [0.15, 0.2) is 0 Å². The van der Waals surface area contributed by atoms with Crippen molar-refractivity contribution in [3.05, 3.63) is 52.7 Å². The second kappa shape index (κ2) is 7.50. The van der Waals surface area contributed by atoms with E-state index in [-0.39, 0.29) is 18.2 Å². The van der Waals surface area contributed by atoms with Gasteiger partial charge in [0.2, 0.25) is 17.7 Å². The summed E-state index contributed by atoms with van der Waals surface area (Å²) in [5, 5.41) is 7.75. The van der Waals surface area contributed by atoms with E-state index in [4.69, 9.17) is 16.0 Å². The lowest BCUT2D eigenvalue weighted by Crippen LogP contribution is -2.17.